The first-order valence-corrected chi connectivity index (χ1v) is 5.95. The lowest BCUT2D eigenvalue weighted by molar-refractivity contribution is -0.146. The minimum Gasteiger partial charge on any atom is -0.479 e. The maximum atomic E-state index is 10.6. The predicted octanol–water partition coefficient (Wildman–Crippen LogP) is 1.22. The number of carboxylic acid groups (broad SMARTS) is 1. The summed E-state index contributed by atoms with van der Waals surface area (Å²) in [5, 5.41) is 22.3. The fourth-order valence-corrected chi connectivity index (χ4v) is 2.21. The van der Waals surface area contributed by atoms with Crippen LogP contribution in [0.1, 0.15) is 25.2 Å². The van der Waals surface area contributed by atoms with E-state index in [1.54, 1.807) is 4.68 Å². The molecule has 1 aromatic heterocycles. The van der Waals surface area contributed by atoms with Crippen LogP contribution >= 0.6 is 15.9 Å². The number of rotatable bonds is 5. The van der Waals surface area contributed by atoms with Gasteiger partial charge >= 0.3 is 5.97 Å². The molecular weight excluding hydrogens is 276 g/mol. The zero-order chi connectivity index (χ0) is 12.3. The van der Waals surface area contributed by atoms with Crippen LogP contribution in [-0.2, 0) is 24.2 Å². The van der Waals surface area contributed by atoms with Gasteiger partial charge in [-0.15, -0.1) is 0 Å². The number of halogens is 1. The molecule has 0 bridgehead atoms. The molecule has 0 aliphatic rings. The quantitative estimate of drug-likeness (QED) is 0.855. The van der Waals surface area contributed by atoms with Crippen LogP contribution in [0.25, 0.3) is 0 Å². The number of hydrogen-bond acceptors (Lipinski definition) is 3. The molecule has 1 heterocycles. The van der Waals surface area contributed by atoms with Crippen molar-refractivity contribution in [2.75, 3.05) is 0 Å². The monoisotopic (exact) mass is 290 g/mol. The summed E-state index contributed by atoms with van der Waals surface area (Å²) in [6, 6.07) is 0. The van der Waals surface area contributed by atoms with Crippen LogP contribution in [0.3, 0.4) is 0 Å². The van der Waals surface area contributed by atoms with E-state index < -0.39 is 12.1 Å². The van der Waals surface area contributed by atoms with Gasteiger partial charge in [0.1, 0.15) is 0 Å². The molecule has 1 unspecified atom stereocenters. The topological polar surface area (TPSA) is 75.3 Å². The Morgan fingerprint density at radius 3 is 2.62 bits per heavy atom. The Hall–Kier alpha value is -0.880. The summed E-state index contributed by atoms with van der Waals surface area (Å²) in [6.07, 6.45) is -0.552. The van der Waals surface area contributed by atoms with Gasteiger partial charge in [0.05, 0.1) is 15.9 Å². The summed E-state index contributed by atoms with van der Waals surface area (Å²) >= 11 is 3.39. The van der Waals surface area contributed by atoms with Crippen LogP contribution < -0.4 is 0 Å². The number of aliphatic hydroxyl groups excluding tert-OH is 1. The third kappa shape index (κ3) is 2.62. The summed E-state index contributed by atoms with van der Waals surface area (Å²) in [4.78, 5) is 10.6. The fourth-order valence-electron chi connectivity index (χ4n) is 1.48. The number of hydrogen-bond donors (Lipinski definition) is 2. The Morgan fingerprint density at radius 1 is 1.56 bits per heavy atom. The average Bonchev–Trinajstić information content (AvgIpc) is 2.55. The minimum atomic E-state index is -1.39. The molecule has 0 aliphatic carbocycles. The molecule has 6 heteroatoms. The number of nitrogens with zero attached hydrogens (tertiary/aromatic N) is 2. The molecule has 2 N–H and O–H groups in total. The number of carboxylic acids is 1. The maximum Gasteiger partial charge on any atom is 0.332 e. The Labute approximate surface area is 102 Å². The third-order valence-electron chi connectivity index (χ3n) is 2.37. The van der Waals surface area contributed by atoms with Gasteiger partial charge < -0.3 is 10.2 Å². The highest BCUT2D eigenvalue weighted by Gasteiger charge is 2.20. The predicted molar refractivity (Wildman–Crippen MR) is 62.3 cm³/mol. The van der Waals surface area contributed by atoms with E-state index in [4.69, 9.17) is 5.11 Å². The lowest BCUT2D eigenvalue weighted by Crippen LogP contribution is -2.23. The Bertz CT molecular complexity index is 390. The zero-order valence-corrected chi connectivity index (χ0v) is 10.9. The van der Waals surface area contributed by atoms with Crippen LogP contribution in [0.15, 0.2) is 4.47 Å². The van der Waals surface area contributed by atoms with Crippen molar-refractivity contribution >= 4 is 21.9 Å². The molecular formula is C10H15BrN2O3. The maximum absolute atomic E-state index is 10.6. The van der Waals surface area contributed by atoms with E-state index in [-0.39, 0.29) is 6.42 Å². The van der Waals surface area contributed by atoms with Crippen molar-refractivity contribution in [2.24, 2.45) is 0 Å². The molecule has 90 valence electrons. The van der Waals surface area contributed by atoms with E-state index >= 15 is 0 Å². The minimum absolute atomic E-state index is 0.0662. The van der Waals surface area contributed by atoms with E-state index in [1.807, 2.05) is 13.8 Å². The number of aromatic nitrogens is 2. The molecule has 0 radical (unpaired) electrons. The Morgan fingerprint density at radius 2 is 2.19 bits per heavy atom. The van der Waals surface area contributed by atoms with E-state index in [0.717, 1.165) is 22.3 Å². The van der Waals surface area contributed by atoms with Gasteiger partial charge in [0.2, 0.25) is 0 Å². The van der Waals surface area contributed by atoms with E-state index in [1.165, 1.54) is 0 Å². The van der Waals surface area contributed by atoms with Crippen molar-refractivity contribution in [1.82, 2.24) is 9.78 Å². The molecule has 0 saturated heterocycles. The highest BCUT2D eigenvalue weighted by atomic mass is 79.9. The lowest BCUT2D eigenvalue weighted by atomic mass is 10.2. The van der Waals surface area contributed by atoms with Crippen molar-refractivity contribution in [2.45, 2.75) is 39.3 Å². The molecule has 1 rings (SSSR count). The van der Waals surface area contributed by atoms with Crippen molar-refractivity contribution in [3.05, 3.63) is 15.9 Å². The number of aliphatic carboxylic acids is 1. The fraction of sp³-hybridized carbons (Fsp3) is 0.600. The number of carbonyl (C=O) groups is 1. The molecule has 16 heavy (non-hydrogen) atoms. The third-order valence-corrected chi connectivity index (χ3v) is 3.28. The van der Waals surface area contributed by atoms with Crippen LogP contribution in [0.5, 0.6) is 0 Å². The van der Waals surface area contributed by atoms with E-state index in [2.05, 4.69) is 21.0 Å². The first-order chi connectivity index (χ1) is 7.51. The van der Waals surface area contributed by atoms with Crippen LogP contribution in [-0.4, -0.2) is 32.1 Å². The van der Waals surface area contributed by atoms with Gasteiger partial charge in [-0.3, -0.25) is 4.68 Å². The van der Waals surface area contributed by atoms with Crippen LogP contribution in [0.2, 0.25) is 0 Å². The Balaban J connectivity index is 3.01. The van der Waals surface area contributed by atoms with Crippen LogP contribution in [0, 0.1) is 0 Å². The van der Waals surface area contributed by atoms with Gasteiger partial charge in [-0.05, 0) is 29.3 Å². The van der Waals surface area contributed by atoms with Gasteiger partial charge in [-0.25, -0.2) is 4.79 Å². The smallest absolute Gasteiger partial charge is 0.332 e. The molecule has 0 spiro atoms. The van der Waals surface area contributed by atoms with Gasteiger partial charge in [0.15, 0.2) is 6.10 Å². The molecule has 0 aromatic carbocycles. The summed E-state index contributed by atoms with van der Waals surface area (Å²) in [5.74, 6) is -1.21. The van der Waals surface area contributed by atoms with E-state index in [0.29, 0.717) is 6.54 Å². The summed E-state index contributed by atoms with van der Waals surface area (Å²) in [6.45, 7) is 4.56. The summed E-state index contributed by atoms with van der Waals surface area (Å²) in [5.41, 5.74) is 1.61. The Kier molecular flexibility index (Phi) is 4.49. The van der Waals surface area contributed by atoms with Crippen LogP contribution in [0.4, 0.5) is 0 Å². The first-order valence-electron chi connectivity index (χ1n) is 5.16. The zero-order valence-electron chi connectivity index (χ0n) is 9.27. The molecule has 1 aromatic rings. The molecule has 0 fully saturated rings. The molecule has 0 saturated carbocycles. The van der Waals surface area contributed by atoms with Gasteiger partial charge in [0, 0.05) is 13.0 Å². The summed E-state index contributed by atoms with van der Waals surface area (Å²) < 4.78 is 2.52. The van der Waals surface area contributed by atoms with Crippen molar-refractivity contribution in [1.29, 1.82) is 0 Å². The highest BCUT2D eigenvalue weighted by Crippen LogP contribution is 2.23. The standard InChI is InChI=1S/C10H15BrN2O3/c1-3-6-9(11)7(13(4-2)12-6)5-8(14)10(15)16/h8,14H,3-5H2,1-2H3,(H,15,16). The second-order valence-electron chi connectivity index (χ2n) is 3.43. The van der Waals surface area contributed by atoms with Gasteiger partial charge in [0.25, 0.3) is 0 Å². The van der Waals surface area contributed by atoms with Gasteiger partial charge in [-0.1, -0.05) is 6.92 Å². The van der Waals surface area contributed by atoms with Crippen molar-refractivity contribution in [3.8, 4) is 0 Å². The normalized spacial score (nSPS) is 12.8. The second kappa shape index (κ2) is 5.45. The molecule has 0 amide bonds. The lowest BCUT2D eigenvalue weighted by Gasteiger charge is -2.07. The number of aryl methyl sites for hydroxylation is 2. The van der Waals surface area contributed by atoms with Crippen molar-refractivity contribution < 1.29 is 15.0 Å². The average molecular weight is 291 g/mol. The molecule has 5 nitrogen and oxygen atoms in total. The SMILES string of the molecule is CCc1nn(CC)c(CC(O)C(=O)O)c1Br. The first kappa shape index (κ1) is 13.2. The molecule has 0 aliphatic heterocycles. The highest BCUT2D eigenvalue weighted by molar-refractivity contribution is 9.10. The van der Waals surface area contributed by atoms with Crippen molar-refractivity contribution in [3.63, 3.8) is 0 Å². The summed E-state index contributed by atoms with van der Waals surface area (Å²) in [7, 11) is 0. The van der Waals surface area contributed by atoms with E-state index in [9.17, 15) is 9.90 Å². The molecule has 1 atom stereocenters. The second-order valence-corrected chi connectivity index (χ2v) is 4.23. The largest absolute Gasteiger partial charge is 0.479 e. The number of aliphatic hydroxyl groups is 1. The van der Waals surface area contributed by atoms with Gasteiger partial charge in [-0.2, -0.15) is 5.10 Å².